The number of carboxylic acid groups (broad SMARTS) is 1. The monoisotopic (exact) mass is 535 g/mol. The topological polar surface area (TPSA) is 68.1 Å². The number of ether oxygens (including phenoxy) is 2. The average Bonchev–Trinajstić information content (AvgIpc) is 2.74. The third-order valence-corrected chi connectivity index (χ3v) is 5.64. The molecule has 0 amide bonds. The Morgan fingerprint density at radius 2 is 1.93 bits per heavy atom. The van der Waals surface area contributed by atoms with Gasteiger partial charge >= 0.3 is 5.97 Å². The molecule has 0 spiro atoms. The second kappa shape index (κ2) is 9.95. The summed E-state index contributed by atoms with van der Waals surface area (Å²) < 4.78 is 12.3. The van der Waals surface area contributed by atoms with Crippen LogP contribution in [0.5, 0.6) is 11.5 Å². The summed E-state index contributed by atoms with van der Waals surface area (Å²) in [6, 6.07) is 16.0. The molecule has 0 radical (unpaired) electrons. The van der Waals surface area contributed by atoms with Crippen LogP contribution in [0.3, 0.4) is 0 Å². The van der Waals surface area contributed by atoms with Gasteiger partial charge in [0.25, 0.3) is 0 Å². The number of nitrogens with zero attached hydrogens (tertiary/aromatic N) is 1. The number of aromatic carboxylic acids is 1. The first-order valence-corrected chi connectivity index (χ1v) is 10.5. The van der Waals surface area contributed by atoms with E-state index in [9.17, 15) is 4.79 Å². The molecule has 7 heteroatoms. The second-order valence-corrected chi connectivity index (χ2v) is 8.04. The second-order valence-electron chi connectivity index (χ2n) is 6.47. The summed E-state index contributed by atoms with van der Waals surface area (Å²) >= 11 is 8.35. The fraction of sp³-hybridized carbons (Fsp3) is 0.130. The molecule has 0 fully saturated rings. The molecule has 3 rings (SSSR count). The van der Waals surface area contributed by atoms with Gasteiger partial charge in [0.15, 0.2) is 11.5 Å². The summed E-state index contributed by atoms with van der Waals surface area (Å²) in [6.07, 6.45) is 1.76. The molecule has 3 aromatic carbocycles. The highest BCUT2D eigenvalue weighted by Gasteiger charge is 2.12. The lowest BCUT2D eigenvalue weighted by atomic mass is 10.1. The van der Waals surface area contributed by atoms with Crippen LogP contribution < -0.4 is 9.47 Å². The van der Waals surface area contributed by atoms with Crippen molar-refractivity contribution in [3.63, 3.8) is 0 Å². The SMILES string of the molecule is COc1cc(C=Nc2cccc(Cl)c2C)cc(I)c1OCc1ccc(C(=O)O)cc1. The van der Waals surface area contributed by atoms with E-state index in [-0.39, 0.29) is 5.56 Å². The van der Waals surface area contributed by atoms with Gasteiger partial charge in [0.05, 0.1) is 21.9 Å². The van der Waals surface area contributed by atoms with E-state index in [0.29, 0.717) is 23.1 Å². The molecule has 0 aliphatic rings. The number of methoxy groups -OCH3 is 1. The van der Waals surface area contributed by atoms with Crippen LogP contribution in [0.1, 0.15) is 27.0 Å². The van der Waals surface area contributed by atoms with Crippen molar-refractivity contribution in [1.29, 1.82) is 0 Å². The summed E-state index contributed by atoms with van der Waals surface area (Å²) in [7, 11) is 1.59. The van der Waals surface area contributed by atoms with Crippen LogP contribution in [0.15, 0.2) is 59.6 Å². The van der Waals surface area contributed by atoms with Crippen LogP contribution in [0.2, 0.25) is 5.02 Å². The number of carbonyl (C=O) groups is 1. The number of aliphatic imine (C=N–C) groups is 1. The minimum absolute atomic E-state index is 0.240. The molecular weight excluding hydrogens is 517 g/mol. The number of hydrogen-bond donors (Lipinski definition) is 1. The summed E-state index contributed by atoms with van der Waals surface area (Å²) in [6.45, 7) is 2.22. The molecule has 0 atom stereocenters. The first kappa shape index (κ1) is 22.1. The molecule has 0 unspecified atom stereocenters. The Labute approximate surface area is 193 Å². The van der Waals surface area contributed by atoms with Gasteiger partial charge in [-0.1, -0.05) is 29.8 Å². The van der Waals surface area contributed by atoms with Gasteiger partial charge < -0.3 is 14.6 Å². The van der Waals surface area contributed by atoms with Crippen molar-refractivity contribution in [2.75, 3.05) is 7.11 Å². The van der Waals surface area contributed by atoms with Crippen molar-refractivity contribution in [1.82, 2.24) is 0 Å². The maximum atomic E-state index is 11.0. The molecule has 0 saturated carbocycles. The first-order chi connectivity index (χ1) is 14.4. The minimum atomic E-state index is -0.955. The van der Waals surface area contributed by atoms with Crippen LogP contribution in [0.4, 0.5) is 5.69 Å². The van der Waals surface area contributed by atoms with Gasteiger partial charge in [-0.05, 0) is 82.6 Å². The van der Waals surface area contributed by atoms with Gasteiger partial charge in [-0.25, -0.2) is 4.79 Å². The van der Waals surface area contributed by atoms with Gasteiger partial charge in [0.1, 0.15) is 6.61 Å². The van der Waals surface area contributed by atoms with Crippen LogP contribution in [0.25, 0.3) is 0 Å². The highest BCUT2D eigenvalue weighted by molar-refractivity contribution is 14.1. The average molecular weight is 536 g/mol. The number of carboxylic acids is 1. The fourth-order valence-corrected chi connectivity index (χ4v) is 3.68. The maximum absolute atomic E-state index is 11.0. The van der Waals surface area contributed by atoms with Crippen molar-refractivity contribution < 1.29 is 19.4 Å². The fourth-order valence-electron chi connectivity index (χ4n) is 2.73. The van der Waals surface area contributed by atoms with E-state index in [2.05, 4.69) is 27.6 Å². The van der Waals surface area contributed by atoms with Crippen LogP contribution in [0, 0.1) is 10.5 Å². The van der Waals surface area contributed by atoms with Crippen molar-refractivity contribution >= 4 is 52.1 Å². The van der Waals surface area contributed by atoms with Crippen LogP contribution >= 0.6 is 34.2 Å². The summed E-state index contributed by atoms with van der Waals surface area (Å²) in [5.41, 5.74) is 3.70. The maximum Gasteiger partial charge on any atom is 0.335 e. The van der Waals surface area contributed by atoms with Crippen LogP contribution in [-0.4, -0.2) is 24.4 Å². The van der Waals surface area contributed by atoms with Gasteiger partial charge in [-0.2, -0.15) is 0 Å². The molecular formula is C23H19ClINO4. The van der Waals surface area contributed by atoms with E-state index in [0.717, 1.165) is 25.9 Å². The summed E-state index contributed by atoms with van der Waals surface area (Å²) in [4.78, 5) is 15.5. The number of halogens is 2. The van der Waals surface area contributed by atoms with E-state index in [1.54, 1.807) is 37.6 Å². The zero-order valence-corrected chi connectivity index (χ0v) is 19.3. The number of rotatable bonds is 7. The lowest BCUT2D eigenvalue weighted by Crippen LogP contribution is -2.02. The third kappa shape index (κ3) is 5.31. The molecule has 0 bridgehead atoms. The van der Waals surface area contributed by atoms with E-state index >= 15 is 0 Å². The highest BCUT2D eigenvalue weighted by atomic mass is 127. The van der Waals surface area contributed by atoms with Crippen molar-refractivity contribution in [2.45, 2.75) is 13.5 Å². The van der Waals surface area contributed by atoms with E-state index < -0.39 is 5.97 Å². The molecule has 154 valence electrons. The van der Waals surface area contributed by atoms with E-state index in [1.807, 2.05) is 37.3 Å². The Morgan fingerprint density at radius 1 is 1.20 bits per heavy atom. The molecule has 30 heavy (non-hydrogen) atoms. The zero-order chi connectivity index (χ0) is 21.7. The molecule has 1 N–H and O–H groups in total. The molecule has 5 nitrogen and oxygen atoms in total. The Bertz CT molecular complexity index is 1100. The lowest BCUT2D eigenvalue weighted by Gasteiger charge is -2.14. The Kier molecular flexibility index (Phi) is 7.33. The van der Waals surface area contributed by atoms with Gasteiger partial charge in [-0.3, -0.25) is 4.99 Å². The molecule has 0 aromatic heterocycles. The lowest BCUT2D eigenvalue weighted by molar-refractivity contribution is 0.0697. The van der Waals surface area contributed by atoms with Gasteiger partial charge in [-0.15, -0.1) is 0 Å². The summed E-state index contributed by atoms with van der Waals surface area (Å²) in [5, 5.41) is 9.67. The Hall–Kier alpha value is -2.58. The smallest absolute Gasteiger partial charge is 0.335 e. The molecule has 0 saturated heterocycles. The minimum Gasteiger partial charge on any atom is -0.493 e. The molecule has 3 aromatic rings. The Morgan fingerprint density at radius 3 is 2.60 bits per heavy atom. The van der Waals surface area contributed by atoms with Gasteiger partial charge in [0.2, 0.25) is 0 Å². The van der Waals surface area contributed by atoms with Crippen molar-refractivity contribution in [2.24, 2.45) is 4.99 Å². The first-order valence-electron chi connectivity index (χ1n) is 9.00. The standard InChI is InChI=1S/C23H19ClINO4/c1-14-18(24)4-3-5-20(14)26-12-16-10-19(25)22(21(11-16)29-2)30-13-15-6-8-17(9-7-15)23(27)28/h3-12H,13H2,1-2H3,(H,27,28). The third-order valence-electron chi connectivity index (χ3n) is 4.43. The number of hydrogen-bond acceptors (Lipinski definition) is 4. The normalized spacial score (nSPS) is 10.9. The van der Waals surface area contributed by atoms with Crippen molar-refractivity contribution in [3.8, 4) is 11.5 Å². The van der Waals surface area contributed by atoms with E-state index in [4.69, 9.17) is 26.2 Å². The quantitative estimate of drug-likeness (QED) is 0.285. The summed E-state index contributed by atoms with van der Waals surface area (Å²) in [5.74, 6) is 0.258. The van der Waals surface area contributed by atoms with Crippen molar-refractivity contribution in [3.05, 3.63) is 85.4 Å². The zero-order valence-electron chi connectivity index (χ0n) is 16.4. The highest BCUT2D eigenvalue weighted by Crippen LogP contribution is 2.34. The molecule has 0 aliphatic heterocycles. The largest absolute Gasteiger partial charge is 0.493 e. The van der Waals surface area contributed by atoms with Crippen LogP contribution in [-0.2, 0) is 6.61 Å². The number of benzene rings is 3. The van der Waals surface area contributed by atoms with Gasteiger partial charge in [0, 0.05) is 11.2 Å². The predicted molar refractivity (Wildman–Crippen MR) is 127 cm³/mol. The molecule has 0 aliphatic carbocycles. The van der Waals surface area contributed by atoms with E-state index in [1.165, 1.54) is 0 Å². The Balaban J connectivity index is 1.79. The molecule has 0 heterocycles. The predicted octanol–water partition coefficient (Wildman–Crippen LogP) is 6.29.